The highest BCUT2D eigenvalue weighted by molar-refractivity contribution is 5.64. The highest BCUT2D eigenvalue weighted by Gasteiger charge is 2.31. The van der Waals surface area contributed by atoms with Crippen LogP contribution in [0.2, 0.25) is 0 Å². The molecule has 2 N–H and O–H groups in total. The third-order valence-electron chi connectivity index (χ3n) is 4.33. The molecule has 0 radical (unpaired) electrons. The van der Waals surface area contributed by atoms with Gasteiger partial charge in [-0.05, 0) is 11.8 Å². The maximum Gasteiger partial charge on any atom is 0.325 e. The third-order valence-corrected chi connectivity index (χ3v) is 4.33. The quantitative estimate of drug-likeness (QED) is 0.705. The van der Waals surface area contributed by atoms with E-state index in [9.17, 15) is 9.59 Å². The van der Waals surface area contributed by atoms with Crippen LogP contribution in [-0.4, -0.2) is 42.6 Å². The predicted molar refractivity (Wildman–Crippen MR) is 88.1 cm³/mol. The molecule has 0 atom stereocenters. The second kappa shape index (κ2) is 5.02. The van der Waals surface area contributed by atoms with E-state index in [-0.39, 0.29) is 5.41 Å². The van der Waals surface area contributed by atoms with Crippen LogP contribution in [0.25, 0.3) is 17.0 Å². The molecule has 0 saturated carbocycles. The van der Waals surface area contributed by atoms with Crippen LogP contribution in [0.15, 0.2) is 28.2 Å². The zero-order valence-electron chi connectivity index (χ0n) is 13.4. The lowest BCUT2D eigenvalue weighted by Gasteiger charge is -2.22. The number of hydrogen-bond donors (Lipinski definition) is 2. The molecule has 3 aromatic heterocycles. The molecule has 24 heavy (non-hydrogen) atoms. The maximum absolute atomic E-state index is 12.1. The summed E-state index contributed by atoms with van der Waals surface area (Å²) in [5, 5.41) is 4.24. The molecule has 0 aromatic carbocycles. The van der Waals surface area contributed by atoms with Gasteiger partial charge in [-0.2, -0.15) is 14.6 Å². The van der Waals surface area contributed by atoms with Gasteiger partial charge >= 0.3 is 5.69 Å². The topological polar surface area (TPSA) is 112 Å². The lowest BCUT2D eigenvalue weighted by atomic mass is 9.93. The SMILES string of the molecule is CC1(C)CCN(c2cc(-c3c[nH]c(=O)[nH]c3=O)nc3ncnn23)C1. The molecule has 4 rings (SSSR count). The molecular weight excluding hydrogens is 310 g/mol. The van der Waals surface area contributed by atoms with Crippen molar-refractivity contribution in [2.45, 2.75) is 20.3 Å². The van der Waals surface area contributed by atoms with Gasteiger partial charge in [0.05, 0.1) is 11.3 Å². The summed E-state index contributed by atoms with van der Waals surface area (Å²) in [6, 6.07) is 1.81. The van der Waals surface area contributed by atoms with Crippen LogP contribution < -0.4 is 16.1 Å². The van der Waals surface area contributed by atoms with Gasteiger partial charge in [-0.1, -0.05) is 13.8 Å². The number of rotatable bonds is 2. The standard InChI is InChI=1S/C15H17N7O2/c1-15(2)3-4-21(7-15)11-5-10(19-13-17-8-18-22(11)13)9-6-16-14(24)20-12(9)23/h5-6,8H,3-4,7H2,1-2H3,(H2,16,20,23,24). The number of H-pyrrole nitrogens is 2. The van der Waals surface area contributed by atoms with Crippen LogP contribution in [0.4, 0.5) is 5.82 Å². The third kappa shape index (κ3) is 2.38. The first-order chi connectivity index (χ1) is 11.4. The zero-order valence-corrected chi connectivity index (χ0v) is 13.4. The van der Waals surface area contributed by atoms with E-state index in [1.54, 1.807) is 4.52 Å². The Morgan fingerprint density at radius 3 is 2.83 bits per heavy atom. The van der Waals surface area contributed by atoms with Gasteiger partial charge in [0.2, 0.25) is 0 Å². The molecule has 4 heterocycles. The Labute approximate surface area is 136 Å². The predicted octanol–water partition coefficient (Wildman–Crippen LogP) is 0.404. The monoisotopic (exact) mass is 327 g/mol. The van der Waals surface area contributed by atoms with Crippen molar-refractivity contribution in [2.24, 2.45) is 5.41 Å². The van der Waals surface area contributed by atoms with Gasteiger partial charge in [-0.25, -0.2) is 9.78 Å². The Kier molecular flexibility index (Phi) is 3.05. The van der Waals surface area contributed by atoms with Gasteiger partial charge in [0.25, 0.3) is 11.3 Å². The van der Waals surface area contributed by atoms with Gasteiger partial charge in [-0.3, -0.25) is 9.78 Å². The van der Waals surface area contributed by atoms with Crippen molar-refractivity contribution < 1.29 is 0 Å². The minimum absolute atomic E-state index is 0.214. The Morgan fingerprint density at radius 2 is 2.12 bits per heavy atom. The molecule has 0 amide bonds. The van der Waals surface area contributed by atoms with E-state index in [1.807, 2.05) is 6.07 Å². The maximum atomic E-state index is 12.1. The average molecular weight is 327 g/mol. The fourth-order valence-electron chi connectivity index (χ4n) is 3.07. The molecule has 0 spiro atoms. The largest absolute Gasteiger partial charge is 0.356 e. The van der Waals surface area contributed by atoms with Gasteiger partial charge in [0.1, 0.15) is 12.1 Å². The molecular formula is C15H17N7O2. The summed E-state index contributed by atoms with van der Waals surface area (Å²) in [6.07, 6.45) is 3.88. The minimum atomic E-state index is -0.547. The molecule has 9 heteroatoms. The van der Waals surface area contributed by atoms with E-state index in [0.29, 0.717) is 17.0 Å². The summed E-state index contributed by atoms with van der Waals surface area (Å²) < 4.78 is 1.67. The number of hydrogen-bond acceptors (Lipinski definition) is 6. The second-order valence-electron chi connectivity index (χ2n) is 6.79. The Hall–Kier alpha value is -2.97. The highest BCUT2D eigenvalue weighted by atomic mass is 16.2. The molecule has 3 aromatic rings. The number of nitrogens with zero attached hydrogens (tertiary/aromatic N) is 5. The highest BCUT2D eigenvalue weighted by Crippen LogP contribution is 2.33. The van der Waals surface area contributed by atoms with Crippen molar-refractivity contribution in [3.8, 4) is 11.3 Å². The lowest BCUT2D eigenvalue weighted by molar-refractivity contribution is 0.418. The van der Waals surface area contributed by atoms with Crippen molar-refractivity contribution in [1.82, 2.24) is 29.5 Å². The van der Waals surface area contributed by atoms with Crippen LogP contribution in [0.3, 0.4) is 0 Å². The molecule has 1 saturated heterocycles. The van der Waals surface area contributed by atoms with Crippen LogP contribution in [0.5, 0.6) is 0 Å². The fourth-order valence-corrected chi connectivity index (χ4v) is 3.07. The summed E-state index contributed by atoms with van der Waals surface area (Å²) >= 11 is 0. The van der Waals surface area contributed by atoms with E-state index in [2.05, 4.69) is 43.8 Å². The van der Waals surface area contributed by atoms with Gasteiger partial charge in [0.15, 0.2) is 0 Å². The van der Waals surface area contributed by atoms with Crippen LogP contribution in [0.1, 0.15) is 20.3 Å². The van der Waals surface area contributed by atoms with Crippen molar-refractivity contribution in [1.29, 1.82) is 0 Å². The number of aromatic nitrogens is 6. The Balaban J connectivity index is 1.89. The Morgan fingerprint density at radius 1 is 1.29 bits per heavy atom. The molecule has 0 aliphatic carbocycles. The van der Waals surface area contributed by atoms with Crippen molar-refractivity contribution in [2.75, 3.05) is 18.0 Å². The second-order valence-corrected chi connectivity index (χ2v) is 6.79. The molecule has 1 fully saturated rings. The van der Waals surface area contributed by atoms with Crippen LogP contribution in [0, 0.1) is 5.41 Å². The van der Waals surface area contributed by atoms with E-state index in [4.69, 9.17) is 0 Å². The van der Waals surface area contributed by atoms with Crippen molar-refractivity contribution in [3.05, 3.63) is 39.4 Å². The normalized spacial score (nSPS) is 16.8. The smallest absolute Gasteiger partial charge is 0.325 e. The van der Waals surface area contributed by atoms with Gasteiger partial charge in [0, 0.05) is 25.4 Å². The molecule has 124 valence electrons. The molecule has 0 bridgehead atoms. The van der Waals surface area contributed by atoms with E-state index < -0.39 is 11.2 Å². The van der Waals surface area contributed by atoms with Crippen molar-refractivity contribution >= 4 is 11.6 Å². The van der Waals surface area contributed by atoms with Crippen LogP contribution in [-0.2, 0) is 0 Å². The number of nitrogens with one attached hydrogen (secondary N) is 2. The first-order valence-electron chi connectivity index (χ1n) is 7.71. The fraction of sp³-hybridized carbons (Fsp3) is 0.400. The van der Waals surface area contributed by atoms with E-state index in [1.165, 1.54) is 12.5 Å². The summed E-state index contributed by atoms with van der Waals surface area (Å²) in [6.45, 7) is 6.22. The zero-order chi connectivity index (χ0) is 16.9. The average Bonchev–Trinajstić information content (AvgIpc) is 3.12. The first-order valence-corrected chi connectivity index (χ1v) is 7.71. The number of aromatic amines is 2. The number of anilines is 1. The molecule has 1 aliphatic heterocycles. The van der Waals surface area contributed by atoms with Gasteiger partial charge in [-0.15, -0.1) is 0 Å². The molecule has 9 nitrogen and oxygen atoms in total. The first kappa shape index (κ1) is 14.6. The summed E-state index contributed by atoms with van der Waals surface area (Å²) in [7, 11) is 0. The summed E-state index contributed by atoms with van der Waals surface area (Å²) in [5.41, 5.74) is -0.0737. The van der Waals surface area contributed by atoms with E-state index >= 15 is 0 Å². The molecule has 0 unspecified atom stereocenters. The van der Waals surface area contributed by atoms with Crippen molar-refractivity contribution in [3.63, 3.8) is 0 Å². The van der Waals surface area contributed by atoms with E-state index in [0.717, 1.165) is 25.3 Å². The molecule has 1 aliphatic rings. The van der Waals surface area contributed by atoms with Crippen LogP contribution >= 0.6 is 0 Å². The Bertz CT molecular complexity index is 1030. The summed E-state index contributed by atoms with van der Waals surface area (Å²) in [5.74, 6) is 1.25. The summed E-state index contributed by atoms with van der Waals surface area (Å²) in [4.78, 5) is 38.7. The number of fused-ring (bicyclic) bond motifs is 1. The van der Waals surface area contributed by atoms with Gasteiger partial charge < -0.3 is 9.88 Å². The minimum Gasteiger partial charge on any atom is -0.356 e. The lowest BCUT2D eigenvalue weighted by Crippen LogP contribution is -2.26.